The van der Waals surface area contributed by atoms with E-state index in [4.69, 9.17) is 0 Å². The highest BCUT2D eigenvalue weighted by atomic mass is 14.3. The van der Waals surface area contributed by atoms with E-state index in [1.165, 1.54) is 49.0 Å². The van der Waals surface area contributed by atoms with Crippen LogP contribution < -0.4 is 0 Å². The van der Waals surface area contributed by atoms with Gasteiger partial charge in [-0.15, -0.1) is 0 Å². The lowest BCUT2D eigenvalue weighted by Gasteiger charge is -2.29. The largest absolute Gasteiger partial charge is 0.0648 e. The highest BCUT2D eigenvalue weighted by molar-refractivity contribution is 6.23. The molecule has 1 unspecified atom stereocenters. The fourth-order valence-corrected chi connectivity index (χ4v) is 5.69. The lowest BCUT2D eigenvalue weighted by Crippen LogP contribution is -2.13. The molecular formula is C32H26. The monoisotopic (exact) mass is 410 g/mol. The Kier molecular flexibility index (Phi) is 4.65. The molecule has 0 aliphatic carbocycles. The van der Waals surface area contributed by atoms with Gasteiger partial charge in [-0.1, -0.05) is 122 Å². The summed E-state index contributed by atoms with van der Waals surface area (Å²) >= 11 is 0. The van der Waals surface area contributed by atoms with Gasteiger partial charge >= 0.3 is 0 Å². The van der Waals surface area contributed by atoms with Gasteiger partial charge < -0.3 is 0 Å². The van der Waals surface area contributed by atoms with Gasteiger partial charge in [0.25, 0.3) is 0 Å². The molecule has 154 valence electrons. The van der Waals surface area contributed by atoms with Crippen LogP contribution in [0, 0.1) is 0 Å². The van der Waals surface area contributed by atoms with Gasteiger partial charge in [0.1, 0.15) is 0 Å². The Hall–Kier alpha value is -3.64. The van der Waals surface area contributed by atoms with E-state index in [0.717, 1.165) is 6.42 Å². The molecule has 0 nitrogen and oxygen atoms in total. The molecule has 6 aromatic rings. The topological polar surface area (TPSA) is 0 Å². The van der Waals surface area contributed by atoms with Crippen LogP contribution in [-0.2, 0) is 0 Å². The summed E-state index contributed by atoms with van der Waals surface area (Å²) in [5, 5.41) is 8.20. The van der Waals surface area contributed by atoms with E-state index >= 15 is 0 Å². The van der Waals surface area contributed by atoms with E-state index < -0.39 is 0 Å². The number of benzene rings is 6. The van der Waals surface area contributed by atoms with Gasteiger partial charge in [-0.2, -0.15) is 0 Å². The zero-order chi connectivity index (χ0) is 21.5. The molecule has 0 bridgehead atoms. The number of hydrogen-bond acceptors (Lipinski definition) is 0. The third kappa shape index (κ3) is 2.99. The van der Waals surface area contributed by atoms with Crippen LogP contribution in [0.3, 0.4) is 0 Å². The SMILES string of the molecule is CCC(c1ccc2ccc3cccc4ccc1c2c34)C(c1ccccc1)c1ccccc1. The molecule has 0 heteroatoms. The van der Waals surface area contributed by atoms with Crippen molar-refractivity contribution in [3.8, 4) is 0 Å². The summed E-state index contributed by atoms with van der Waals surface area (Å²) < 4.78 is 0. The molecule has 6 aromatic carbocycles. The first kappa shape index (κ1) is 19.1. The predicted molar refractivity (Wildman–Crippen MR) is 138 cm³/mol. The highest BCUT2D eigenvalue weighted by Gasteiger charge is 2.27. The Bertz CT molecular complexity index is 1440. The highest BCUT2D eigenvalue weighted by Crippen LogP contribution is 2.45. The molecule has 0 fully saturated rings. The average molecular weight is 411 g/mol. The summed E-state index contributed by atoms with van der Waals surface area (Å²) in [4.78, 5) is 0. The molecule has 0 aliphatic rings. The van der Waals surface area contributed by atoms with E-state index in [0.29, 0.717) is 11.8 Å². The average Bonchev–Trinajstić information content (AvgIpc) is 2.87. The number of rotatable bonds is 5. The van der Waals surface area contributed by atoms with Crippen LogP contribution in [0.1, 0.15) is 41.9 Å². The molecule has 0 heterocycles. The van der Waals surface area contributed by atoms with Crippen molar-refractivity contribution in [2.24, 2.45) is 0 Å². The van der Waals surface area contributed by atoms with Crippen molar-refractivity contribution >= 4 is 32.3 Å². The Balaban J connectivity index is 1.63. The van der Waals surface area contributed by atoms with Crippen LogP contribution >= 0.6 is 0 Å². The maximum atomic E-state index is 2.38. The normalized spacial score (nSPS) is 12.8. The summed E-state index contributed by atoms with van der Waals surface area (Å²) in [5.74, 6) is 0.713. The molecule has 32 heavy (non-hydrogen) atoms. The minimum Gasteiger partial charge on any atom is -0.0648 e. The quantitative estimate of drug-likeness (QED) is 0.249. The van der Waals surface area contributed by atoms with Crippen molar-refractivity contribution < 1.29 is 0 Å². The molecule has 0 amide bonds. The fraction of sp³-hybridized carbons (Fsp3) is 0.125. The summed E-state index contributed by atoms with van der Waals surface area (Å²) in [6.07, 6.45) is 1.08. The second kappa shape index (κ2) is 7.80. The molecule has 0 aromatic heterocycles. The van der Waals surface area contributed by atoms with Gasteiger partial charge in [-0.3, -0.25) is 0 Å². The van der Waals surface area contributed by atoms with Crippen LogP contribution in [0.2, 0.25) is 0 Å². The van der Waals surface area contributed by atoms with Gasteiger partial charge in [0, 0.05) is 5.92 Å². The Morgan fingerprint density at radius 2 is 1.03 bits per heavy atom. The molecule has 0 radical (unpaired) electrons. The van der Waals surface area contributed by atoms with Gasteiger partial charge in [-0.05, 0) is 61.3 Å². The summed E-state index contributed by atoms with van der Waals surface area (Å²) in [7, 11) is 0. The van der Waals surface area contributed by atoms with Crippen LogP contribution in [-0.4, -0.2) is 0 Å². The predicted octanol–water partition coefficient (Wildman–Crippen LogP) is 8.91. The smallest absolute Gasteiger partial charge is 0.0158 e. The summed E-state index contributed by atoms with van der Waals surface area (Å²) in [6.45, 7) is 2.33. The van der Waals surface area contributed by atoms with Crippen molar-refractivity contribution in [1.29, 1.82) is 0 Å². The molecule has 6 rings (SSSR count). The van der Waals surface area contributed by atoms with Gasteiger partial charge in [0.05, 0.1) is 0 Å². The fourth-order valence-electron chi connectivity index (χ4n) is 5.69. The second-order valence-corrected chi connectivity index (χ2v) is 8.82. The van der Waals surface area contributed by atoms with Crippen molar-refractivity contribution in [3.05, 3.63) is 132 Å². The Morgan fingerprint density at radius 1 is 0.500 bits per heavy atom. The van der Waals surface area contributed by atoms with E-state index in [1.807, 2.05) is 0 Å². The molecule has 0 aliphatic heterocycles. The Morgan fingerprint density at radius 3 is 1.62 bits per heavy atom. The van der Waals surface area contributed by atoms with Gasteiger partial charge in [0.15, 0.2) is 0 Å². The van der Waals surface area contributed by atoms with Crippen molar-refractivity contribution in [2.45, 2.75) is 25.2 Å². The lowest BCUT2D eigenvalue weighted by molar-refractivity contribution is 0.590. The van der Waals surface area contributed by atoms with E-state index in [1.54, 1.807) is 0 Å². The lowest BCUT2D eigenvalue weighted by atomic mass is 9.74. The first-order chi connectivity index (χ1) is 15.8. The minimum atomic E-state index is 0.320. The standard InChI is InChI=1S/C32H26/c1-2-27(30(22-10-5-3-6-11-22)23-12-7-4-8-13-23)28-20-18-26-17-16-24-14-9-15-25-19-21-29(28)32(26)31(24)25/h3-21,27,30H,2H2,1H3. The molecule has 0 saturated heterocycles. The van der Waals surface area contributed by atoms with E-state index in [2.05, 4.69) is 122 Å². The first-order valence-electron chi connectivity index (χ1n) is 11.6. The van der Waals surface area contributed by atoms with E-state index in [-0.39, 0.29) is 0 Å². The van der Waals surface area contributed by atoms with Crippen molar-refractivity contribution in [1.82, 2.24) is 0 Å². The van der Waals surface area contributed by atoms with Gasteiger partial charge in [0.2, 0.25) is 0 Å². The number of hydrogen-bond donors (Lipinski definition) is 0. The molecule has 1 atom stereocenters. The van der Waals surface area contributed by atoms with Crippen LogP contribution in [0.5, 0.6) is 0 Å². The molecule has 0 N–H and O–H groups in total. The third-order valence-corrected chi connectivity index (χ3v) is 7.12. The van der Waals surface area contributed by atoms with Crippen LogP contribution in [0.25, 0.3) is 32.3 Å². The van der Waals surface area contributed by atoms with Crippen molar-refractivity contribution in [3.63, 3.8) is 0 Å². The zero-order valence-electron chi connectivity index (χ0n) is 18.3. The maximum Gasteiger partial charge on any atom is 0.0158 e. The van der Waals surface area contributed by atoms with Gasteiger partial charge in [-0.25, -0.2) is 0 Å². The third-order valence-electron chi connectivity index (χ3n) is 7.12. The molecule has 0 spiro atoms. The first-order valence-corrected chi connectivity index (χ1v) is 11.6. The maximum absolute atomic E-state index is 2.38. The van der Waals surface area contributed by atoms with Crippen molar-refractivity contribution in [2.75, 3.05) is 0 Å². The summed E-state index contributed by atoms with van der Waals surface area (Å²) in [5.41, 5.74) is 4.23. The zero-order valence-corrected chi connectivity index (χ0v) is 18.3. The van der Waals surface area contributed by atoms with Crippen LogP contribution in [0.4, 0.5) is 0 Å². The second-order valence-electron chi connectivity index (χ2n) is 8.82. The summed E-state index contributed by atoms with van der Waals surface area (Å²) in [6, 6.07) is 42.6. The van der Waals surface area contributed by atoms with Crippen LogP contribution in [0.15, 0.2) is 115 Å². The molecule has 0 saturated carbocycles. The Labute approximate surface area is 189 Å². The minimum absolute atomic E-state index is 0.320. The molecular weight excluding hydrogens is 384 g/mol. The van der Waals surface area contributed by atoms with E-state index in [9.17, 15) is 0 Å².